The summed E-state index contributed by atoms with van der Waals surface area (Å²) >= 11 is 0. The lowest BCUT2D eigenvalue weighted by molar-refractivity contribution is -0.140. The Morgan fingerprint density at radius 3 is 2.42 bits per heavy atom. The number of aliphatic carboxylic acids is 1. The van der Waals surface area contributed by atoms with Gasteiger partial charge in [-0.3, -0.25) is 9.59 Å². The lowest BCUT2D eigenvalue weighted by Crippen LogP contribution is -2.29. The largest absolute Gasteiger partial charge is 0.481 e. The maximum atomic E-state index is 12.1. The van der Waals surface area contributed by atoms with Crippen molar-refractivity contribution >= 4 is 11.9 Å². The summed E-state index contributed by atoms with van der Waals surface area (Å²) < 4.78 is 5.44. The Hall–Kier alpha value is -1.78. The van der Waals surface area contributed by atoms with Crippen molar-refractivity contribution in [2.24, 2.45) is 17.3 Å². The van der Waals surface area contributed by atoms with E-state index < -0.39 is 23.2 Å². The van der Waals surface area contributed by atoms with Crippen LogP contribution in [0.3, 0.4) is 0 Å². The van der Waals surface area contributed by atoms with Crippen LogP contribution in [0, 0.1) is 24.2 Å². The zero-order chi connectivity index (χ0) is 14.4. The molecule has 1 unspecified atom stereocenters. The van der Waals surface area contributed by atoms with Crippen molar-refractivity contribution < 1.29 is 19.1 Å². The number of carboxylic acid groups (broad SMARTS) is 1. The molecule has 0 radical (unpaired) electrons. The van der Waals surface area contributed by atoms with Crippen LogP contribution in [0.2, 0.25) is 0 Å². The molecule has 1 heterocycles. The lowest BCUT2D eigenvalue weighted by Gasteiger charge is -2.12. The van der Waals surface area contributed by atoms with Crippen molar-refractivity contribution in [3.8, 4) is 0 Å². The average Bonchev–Trinajstić information content (AvgIpc) is 2.65. The molecule has 1 aromatic rings. The van der Waals surface area contributed by atoms with Gasteiger partial charge in [0.25, 0.3) is 0 Å². The first kappa shape index (κ1) is 13.6. The molecule has 1 saturated carbocycles. The second-order valence-electron chi connectivity index (χ2n) is 5.79. The predicted octanol–water partition coefficient (Wildman–Crippen LogP) is 2.12. The van der Waals surface area contributed by atoms with Gasteiger partial charge < -0.3 is 14.8 Å². The van der Waals surface area contributed by atoms with Gasteiger partial charge in [0.1, 0.15) is 11.5 Å². The van der Waals surface area contributed by atoms with Gasteiger partial charge in [-0.05, 0) is 31.4 Å². The van der Waals surface area contributed by atoms with Crippen LogP contribution in [-0.2, 0) is 9.59 Å². The van der Waals surface area contributed by atoms with Crippen molar-refractivity contribution in [2.75, 3.05) is 0 Å². The Balaban J connectivity index is 2.01. The van der Waals surface area contributed by atoms with Gasteiger partial charge in [0, 0.05) is 0 Å². The monoisotopic (exact) mass is 265 g/mol. The Morgan fingerprint density at radius 2 is 2.00 bits per heavy atom. The van der Waals surface area contributed by atoms with Crippen LogP contribution >= 0.6 is 0 Å². The Kier molecular flexibility index (Phi) is 3.16. The van der Waals surface area contributed by atoms with Crippen LogP contribution in [0.15, 0.2) is 16.5 Å². The number of carboxylic acids is 1. The van der Waals surface area contributed by atoms with E-state index in [1.165, 1.54) is 0 Å². The molecular weight excluding hydrogens is 246 g/mol. The van der Waals surface area contributed by atoms with Gasteiger partial charge in [-0.15, -0.1) is 0 Å². The molecule has 1 amide bonds. The van der Waals surface area contributed by atoms with Gasteiger partial charge in [0.05, 0.1) is 17.9 Å². The van der Waals surface area contributed by atoms with Crippen molar-refractivity contribution in [3.05, 3.63) is 23.7 Å². The zero-order valence-corrected chi connectivity index (χ0v) is 11.6. The predicted molar refractivity (Wildman–Crippen MR) is 68.4 cm³/mol. The molecule has 0 aliphatic heterocycles. The highest BCUT2D eigenvalue weighted by atomic mass is 16.4. The average molecular weight is 265 g/mol. The molecule has 3 atom stereocenters. The first-order valence-corrected chi connectivity index (χ1v) is 6.34. The summed E-state index contributed by atoms with van der Waals surface area (Å²) in [4.78, 5) is 23.2. The summed E-state index contributed by atoms with van der Waals surface area (Å²) in [5.74, 6) is -0.741. The smallest absolute Gasteiger partial charge is 0.307 e. The summed E-state index contributed by atoms with van der Waals surface area (Å²) in [6, 6.07) is 3.39. The van der Waals surface area contributed by atoms with Gasteiger partial charge in [-0.25, -0.2) is 0 Å². The molecule has 2 rings (SSSR count). The van der Waals surface area contributed by atoms with E-state index >= 15 is 0 Å². The Bertz CT molecular complexity index is 517. The van der Waals surface area contributed by atoms with Crippen molar-refractivity contribution in [1.29, 1.82) is 0 Å². The summed E-state index contributed by atoms with van der Waals surface area (Å²) in [5, 5.41) is 11.9. The van der Waals surface area contributed by atoms with E-state index in [0.717, 1.165) is 5.76 Å². The summed E-state index contributed by atoms with van der Waals surface area (Å²) in [6.45, 7) is 7.26. The van der Waals surface area contributed by atoms with E-state index in [0.29, 0.717) is 5.76 Å². The fourth-order valence-corrected chi connectivity index (χ4v) is 2.65. The van der Waals surface area contributed by atoms with Crippen LogP contribution in [0.25, 0.3) is 0 Å². The van der Waals surface area contributed by atoms with Crippen molar-refractivity contribution in [3.63, 3.8) is 0 Å². The molecular formula is C14H19NO4. The molecule has 0 bridgehead atoms. The summed E-state index contributed by atoms with van der Waals surface area (Å²) in [5.41, 5.74) is -0.477. The summed E-state index contributed by atoms with van der Waals surface area (Å²) in [6.07, 6.45) is 0. The van der Waals surface area contributed by atoms with E-state index in [4.69, 9.17) is 9.52 Å². The third-order valence-electron chi connectivity index (χ3n) is 3.92. The molecule has 1 aromatic heterocycles. The molecule has 19 heavy (non-hydrogen) atoms. The minimum Gasteiger partial charge on any atom is -0.481 e. The van der Waals surface area contributed by atoms with Crippen molar-refractivity contribution in [2.45, 2.75) is 33.7 Å². The number of hydrogen-bond acceptors (Lipinski definition) is 3. The number of rotatable bonds is 4. The Labute approximate surface area is 112 Å². The van der Waals surface area contributed by atoms with E-state index in [-0.39, 0.29) is 11.9 Å². The maximum absolute atomic E-state index is 12.1. The van der Waals surface area contributed by atoms with Crippen LogP contribution in [0.4, 0.5) is 0 Å². The van der Waals surface area contributed by atoms with Crippen LogP contribution in [0.1, 0.15) is 38.3 Å². The summed E-state index contributed by atoms with van der Waals surface area (Å²) in [7, 11) is 0. The number of amides is 1. The molecule has 5 heteroatoms. The third-order valence-corrected chi connectivity index (χ3v) is 3.92. The second kappa shape index (κ2) is 4.40. The number of nitrogens with one attached hydrogen (secondary N) is 1. The van der Waals surface area contributed by atoms with E-state index in [1.54, 1.807) is 13.8 Å². The molecule has 0 saturated heterocycles. The number of hydrogen-bond donors (Lipinski definition) is 2. The fraction of sp³-hybridized carbons (Fsp3) is 0.571. The zero-order valence-electron chi connectivity index (χ0n) is 11.6. The first-order chi connectivity index (χ1) is 8.75. The van der Waals surface area contributed by atoms with Gasteiger partial charge in [0.2, 0.25) is 5.91 Å². The normalized spacial score (nSPS) is 25.7. The van der Waals surface area contributed by atoms with E-state index in [9.17, 15) is 9.59 Å². The van der Waals surface area contributed by atoms with Gasteiger partial charge >= 0.3 is 5.97 Å². The van der Waals surface area contributed by atoms with Crippen LogP contribution in [0.5, 0.6) is 0 Å². The standard InChI is InChI=1S/C14H19NO4/c1-7-5-6-9(19-7)8(2)15-12(16)10-11(13(17)18)14(10,3)4/h5-6,8,10-11H,1-4H3,(H,15,16)(H,17,18)/t8?,10-,11+/m1/s1. The minimum atomic E-state index is -0.911. The molecule has 5 nitrogen and oxygen atoms in total. The van der Waals surface area contributed by atoms with Crippen LogP contribution in [-0.4, -0.2) is 17.0 Å². The van der Waals surface area contributed by atoms with Gasteiger partial charge in [0.15, 0.2) is 0 Å². The quantitative estimate of drug-likeness (QED) is 0.874. The number of carbonyl (C=O) groups is 2. The molecule has 0 aromatic carbocycles. The number of aryl methyl sites for hydroxylation is 1. The molecule has 2 N–H and O–H groups in total. The number of carbonyl (C=O) groups excluding carboxylic acids is 1. The highest BCUT2D eigenvalue weighted by molar-refractivity contribution is 5.91. The van der Waals surface area contributed by atoms with Gasteiger partial charge in [-0.1, -0.05) is 13.8 Å². The van der Waals surface area contributed by atoms with E-state index in [2.05, 4.69) is 5.32 Å². The SMILES string of the molecule is Cc1ccc(C(C)NC(=O)[C@H]2[C@@H](C(=O)O)C2(C)C)o1. The second-order valence-corrected chi connectivity index (χ2v) is 5.79. The Morgan fingerprint density at radius 1 is 1.37 bits per heavy atom. The molecule has 1 fully saturated rings. The lowest BCUT2D eigenvalue weighted by atomic mass is 10.1. The fourth-order valence-electron chi connectivity index (χ4n) is 2.65. The molecule has 1 aliphatic rings. The maximum Gasteiger partial charge on any atom is 0.307 e. The first-order valence-electron chi connectivity index (χ1n) is 6.34. The molecule has 0 spiro atoms. The topological polar surface area (TPSA) is 79.5 Å². The highest BCUT2D eigenvalue weighted by Gasteiger charge is 2.65. The van der Waals surface area contributed by atoms with Crippen molar-refractivity contribution in [1.82, 2.24) is 5.32 Å². The number of furan rings is 1. The minimum absolute atomic E-state index is 0.223. The highest BCUT2D eigenvalue weighted by Crippen LogP contribution is 2.58. The molecule has 1 aliphatic carbocycles. The van der Waals surface area contributed by atoms with Gasteiger partial charge in [-0.2, -0.15) is 0 Å². The molecule has 104 valence electrons. The van der Waals surface area contributed by atoms with E-state index in [1.807, 2.05) is 26.0 Å². The van der Waals surface area contributed by atoms with Crippen LogP contribution < -0.4 is 5.32 Å². The third kappa shape index (κ3) is 2.37.